The first-order valence-electron chi connectivity index (χ1n) is 6.43. The van der Waals surface area contributed by atoms with Gasteiger partial charge >= 0.3 is 0 Å². The fourth-order valence-corrected chi connectivity index (χ4v) is 4.92. The molecular weight excluding hydrogens is 208 g/mol. The van der Waals surface area contributed by atoms with Gasteiger partial charge in [0.15, 0.2) is 0 Å². The summed E-state index contributed by atoms with van der Waals surface area (Å²) in [7, 11) is 0. The number of rotatable bonds is 4. The van der Waals surface area contributed by atoms with Gasteiger partial charge in [0.25, 0.3) is 0 Å². The van der Waals surface area contributed by atoms with Gasteiger partial charge in [0.1, 0.15) is 0 Å². The van der Waals surface area contributed by atoms with E-state index in [0.29, 0.717) is 11.3 Å². The molecule has 0 atom stereocenters. The van der Waals surface area contributed by atoms with Crippen LogP contribution >= 0.6 is 11.6 Å². The molecule has 0 aromatic rings. The molecule has 0 aliphatic heterocycles. The van der Waals surface area contributed by atoms with Crippen LogP contribution in [-0.2, 0) is 4.74 Å². The molecule has 0 aromatic carbocycles. The van der Waals surface area contributed by atoms with E-state index in [1.54, 1.807) is 0 Å². The number of hydrogen-bond acceptors (Lipinski definition) is 1. The highest BCUT2D eigenvalue weighted by molar-refractivity contribution is 6.17. The molecule has 0 unspecified atom stereocenters. The smallest absolute Gasteiger partial charge is 0.0602 e. The van der Waals surface area contributed by atoms with Crippen LogP contribution in [-0.4, -0.2) is 19.1 Å². The van der Waals surface area contributed by atoms with Crippen LogP contribution in [0.15, 0.2) is 0 Å². The van der Waals surface area contributed by atoms with Crippen molar-refractivity contribution in [1.29, 1.82) is 0 Å². The fourth-order valence-electron chi connectivity index (χ4n) is 4.81. The van der Waals surface area contributed by atoms with Crippen molar-refractivity contribution in [3.8, 4) is 0 Å². The van der Waals surface area contributed by atoms with E-state index in [9.17, 15) is 0 Å². The minimum absolute atomic E-state index is 0.570. The van der Waals surface area contributed by atoms with Crippen molar-refractivity contribution in [1.82, 2.24) is 0 Å². The van der Waals surface area contributed by atoms with Crippen LogP contribution in [0.2, 0.25) is 0 Å². The molecule has 4 aliphatic rings. The van der Waals surface area contributed by atoms with Gasteiger partial charge in [-0.2, -0.15) is 0 Å². The molecule has 1 nitrogen and oxygen atoms in total. The Morgan fingerprint density at radius 2 is 1.53 bits per heavy atom. The summed E-state index contributed by atoms with van der Waals surface area (Å²) in [5.41, 5.74) is 0.570. The van der Waals surface area contributed by atoms with Gasteiger partial charge in [-0.3, -0.25) is 0 Å². The molecule has 2 heteroatoms. The van der Waals surface area contributed by atoms with Gasteiger partial charge in [-0.1, -0.05) is 0 Å². The van der Waals surface area contributed by atoms with Crippen LogP contribution in [0.1, 0.15) is 38.5 Å². The van der Waals surface area contributed by atoms with Gasteiger partial charge in [-0.05, 0) is 61.7 Å². The lowest BCUT2D eigenvalue weighted by atomic mass is 9.50. The average Bonchev–Trinajstić information content (AvgIpc) is 2.15. The standard InChI is InChI=1S/C13H21ClO/c14-1-2-15-9-13-6-10-3-11(7-13)5-12(4-10)8-13/h10-12H,1-9H2. The molecule has 4 saturated carbocycles. The Morgan fingerprint density at radius 1 is 1.00 bits per heavy atom. The SMILES string of the molecule is ClCCOCC12CC3CC(CC(C3)C1)C2. The average molecular weight is 229 g/mol. The van der Waals surface area contributed by atoms with Gasteiger partial charge in [0.2, 0.25) is 0 Å². The number of halogens is 1. The maximum atomic E-state index is 5.74. The van der Waals surface area contributed by atoms with E-state index in [1.165, 1.54) is 38.5 Å². The Bertz CT molecular complexity index is 203. The first-order valence-corrected chi connectivity index (χ1v) is 6.97. The Kier molecular flexibility index (Phi) is 2.72. The molecule has 4 bridgehead atoms. The first kappa shape index (κ1) is 10.4. The van der Waals surface area contributed by atoms with Crippen molar-refractivity contribution in [3.05, 3.63) is 0 Å². The van der Waals surface area contributed by atoms with Gasteiger partial charge < -0.3 is 4.74 Å². The monoisotopic (exact) mass is 228 g/mol. The van der Waals surface area contributed by atoms with Crippen LogP contribution in [0.25, 0.3) is 0 Å². The lowest BCUT2D eigenvalue weighted by Gasteiger charge is -2.56. The summed E-state index contributed by atoms with van der Waals surface area (Å²) in [6.45, 7) is 1.73. The number of ether oxygens (including phenoxy) is 1. The van der Waals surface area contributed by atoms with Crippen molar-refractivity contribution in [3.63, 3.8) is 0 Å². The van der Waals surface area contributed by atoms with Crippen LogP contribution in [0.3, 0.4) is 0 Å². The molecule has 0 N–H and O–H groups in total. The maximum absolute atomic E-state index is 5.74. The van der Waals surface area contributed by atoms with E-state index in [2.05, 4.69) is 0 Å². The van der Waals surface area contributed by atoms with Crippen molar-refractivity contribution in [2.75, 3.05) is 19.1 Å². The Labute approximate surface area is 97.5 Å². The van der Waals surface area contributed by atoms with Crippen LogP contribution < -0.4 is 0 Å². The molecule has 4 rings (SSSR count). The zero-order chi connectivity index (χ0) is 10.3. The van der Waals surface area contributed by atoms with Crippen molar-refractivity contribution in [2.24, 2.45) is 23.2 Å². The van der Waals surface area contributed by atoms with Crippen molar-refractivity contribution >= 4 is 11.6 Å². The van der Waals surface area contributed by atoms with E-state index in [0.717, 1.165) is 31.0 Å². The van der Waals surface area contributed by atoms with E-state index in [4.69, 9.17) is 16.3 Å². The third-order valence-electron chi connectivity index (χ3n) is 4.79. The Hall–Kier alpha value is 0.250. The zero-order valence-electron chi connectivity index (χ0n) is 9.38. The van der Waals surface area contributed by atoms with Gasteiger partial charge in [0, 0.05) is 5.88 Å². The number of alkyl halides is 1. The highest BCUT2D eigenvalue weighted by atomic mass is 35.5. The molecule has 0 heterocycles. The third-order valence-corrected chi connectivity index (χ3v) is 4.95. The summed E-state index contributed by atoms with van der Waals surface area (Å²) >= 11 is 5.66. The molecular formula is C13H21ClO. The van der Waals surface area contributed by atoms with Crippen LogP contribution in [0, 0.1) is 23.2 Å². The summed E-state index contributed by atoms with van der Waals surface area (Å²) in [5.74, 6) is 3.76. The molecule has 0 radical (unpaired) electrons. The molecule has 4 fully saturated rings. The molecule has 86 valence electrons. The van der Waals surface area contributed by atoms with Crippen molar-refractivity contribution < 1.29 is 4.74 Å². The van der Waals surface area contributed by atoms with E-state index in [-0.39, 0.29) is 0 Å². The number of hydrogen-bond donors (Lipinski definition) is 0. The molecule has 0 amide bonds. The van der Waals surface area contributed by atoms with Gasteiger partial charge in [0.05, 0.1) is 13.2 Å². The van der Waals surface area contributed by atoms with Gasteiger partial charge in [-0.15, -0.1) is 11.6 Å². The Morgan fingerprint density at radius 3 is 2.00 bits per heavy atom. The highest BCUT2D eigenvalue weighted by Crippen LogP contribution is 2.59. The molecule has 15 heavy (non-hydrogen) atoms. The van der Waals surface area contributed by atoms with E-state index >= 15 is 0 Å². The summed E-state index contributed by atoms with van der Waals surface area (Å²) < 4.78 is 5.74. The quantitative estimate of drug-likeness (QED) is 0.529. The topological polar surface area (TPSA) is 9.23 Å². The Balaban J connectivity index is 1.65. The predicted octanol–water partition coefficient (Wildman–Crippen LogP) is 3.46. The normalized spacial score (nSPS) is 47.4. The van der Waals surface area contributed by atoms with Crippen molar-refractivity contribution in [2.45, 2.75) is 38.5 Å². The van der Waals surface area contributed by atoms with Crippen LogP contribution in [0.4, 0.5) is 0 Å². The lowest BCUT2D eigenvalue weighted by molar-refractivity contribution is -0.0944. The van der Waals surface area contributed by atoms with Crippen LogP contribution in [0.5, 0.6) is 0 Å². The fraction of sp³-hybridized carbons (Fsp3) is 1.00. The second-order valence-corrected chi connectivity index (χ2v) is 6.54. The molecule has 0 aromatic heterocycles. The minimum atomic E-state index is 0.570. The third kappa shape index (κ3) is 1.93. The lowest BCUT2D eigenvalue weighted by Crippen LogP contribution is -2.48. The minimum Gasteiger partial charge on any atom is -0.380 e. The first-order chi connectivity index (χ1) is 7.30. The summed E-state index contributed by atoms with van der Waals surface area (Å²) in [5, 5.41) is 0. The summed E-state index contributed by atoms with van der Waals surface area (Å²) in [4.78, 5) is 0. The second kappa shape index (κ2) is 3.92. The predicted molar refractivity (Wildman–Crippen MR) is 62.1 cm³/mol. The van der Waals surface area contributed by atoms with E-state index < -0.39 is 0 Å². The largest absolute Gasteiger partial charge is 0.380 e. The zero-order valence-corrected chi connectivity index (χ0v) is 10.1. The second-order valence-electron chi connectivity index (χ2n) is 6.16. The summed E-state index contributed by atoms with van der Waals surface area (Å²) in [6, 6.07) is 0. The summed E-state index contributed by atoms with van der Waals surface area (Å²) in [6.07, 6.45) is 8.90. The molecule has 0 saturated heterocycles. The van der Waals surface area contributed by atoms with E-state index in [1.807, 2.05) is 0 Å². The van der Waals surface area contributed by atoms with Gasteiger partial charge in [-0.25, -0.2) is 0 Å². The molecule has 4 aliphatic carbocycles. The maximum Gasteiger partial charge on any atom is 0.0602 e. The highest BCUT2D eigenvalue weighted by Gasteiger charge is 2.50. The molecule has 0 spiro atoms.